The van der Waals surface area contributed by atoms with Gasteiger partial charge >= 0.3 is 0 Å². The van der Waals surface area contributed by atoms with E-state index in [1.54, 1.807) is 24.3 Å². The summed E-state index contributed by atoms with van der Waals surface area (Å²) >= 11 is 1.27. The largest absolute Gasteiger partial charge is 0.299 e. The van der Waals surface area contributed by atoms with Crippen molar-refractivity contribution in [3.8, 4) is 0 Å². The summed E-state index contributed by atoms with van der Waals surface area (Å²) in [5, 5.41) is 12.0. The molecule has 0 saturated heterocycles. The van der Waals surface area contributed by atoms with Crippen LogP contribution in [0.25, 0.3) is 0 Å². The van der Waals surface area contributed by atoms with Crippen molar-refractivity contribution in [2.45, 2.75) is 50.0 Å². The zero-order valence-corrected chi connectivity index (χ0v) is 19.4. The van der Waals surface area contributed by atoms with Crippen LogP contribution in [0.4, 0.5) is 9.52 Å². The summed E-state index contributed by atoms with van der Waals surface area (Å²) < 4.78 is 42.1. The number of anilines is 1. The molecule has 32 heavy (non-hydrogen) atoms. The van der Waals surface area contributed by atoms with Crippen molar-refractivity contribution in [3.05, 3.63) is 71.0 Å². The Morgan fingerprint density at radius 3 is 2.34 bits per heavy atom. The lowest BCUT2D eigenvalue weighted by Gasteiger charge is -2.18. The topological polar surface area (TPSA) is 101 Å². The van der Waals surface area contributed by atoms with Gasteiger partial charge in [0.05, 0.1) is 0 Å². The standard InChI is InChI=1S/C22H25FN4O3S2/c1-3-16(4-2)21-25-26-22(31-21)24-20(28)18(14-15-10-6-5-7-11-15)27-32(29,30)19-13-9-8-12-17(19)23/h5-13,16,18,27H,3-4,14H2,1-2H3,(H,24,26,28). The van der Waals surface area contributed by atoms with Gasteiger partial charge in [0.2, 0.25) is 21.1 Å². The summed E-state index contributed by atoms with van der Waals surface area (Å²) in [7, 11) is -4.28. The highest BCUT2D eigenvalue weighted by Crippen LogP contribution is 2.28. The Morgan fingerprint density at radius 1 is 1.03 bits per heavy atom. The molecule has 1 amide bonds. The number of benzene rings is 2. The van der Waals surface area contributed by atoms with Gasteiger partial charge in [-0.05, 0) is 37.0 Å². The van der Waals surface area contributed by atoms with E-state index in [1.165, 1.54) is 23.5 Å². The molecular formula is C22H25FN4O3S2. The molecule has 0 aliphatic heterocycles. The van der Waals surface area contributed by atoms with Crippen LogP contribution >= 0.6 is 11.3 Å². The summed E-state index contributed by atoms with van der Waals surface area (Å²) in [5.41, 5.74) is 0.749. The van der Waals surface area contributed by atoms with E-state index in [-0.39, 0.29) is 12.3 Å². The van der Waals surface area contributed by atoms with Gasteiger partial charge in [-0.2, -0.15) is 4.72 Å². The summed E-state index contributed by atoms with van der Waals surface area (Å²) in [4.78, 5) is 12.5. The van der Waals surface area contributed by atoms with E-state index in [0.717, 1.165) is 35.5 Å². The van der Waals surface area contributed by atoms with Crippen molar-refractivity contribution in [1.29, 1.82) is 0 Å². The van der Waals surface area contributed by atoms with E-state index >= 15 is 0 Å². The van der Waals surface area contributed by atoms with Gasteiger partial charge in [0.1, 0.15) is 21.8 Å². The Bertz CT molecular complexity index is 1150. The van der Waals surface area contributed by atoms with Crippen molar-refractivity contribution in [2.75, 3.05) is 5.32 Å². The molecule has 0 aliphatic rings. The van der Waals surface area contributed by atoms with Crippen LogP contribution in [0.15, 0.2) is 59.5 Å². The number of nitrogens with zero attached hydrogens (tertiary/aromatic N) is 2. The van der Waals surface area contributed by atoms with Gasteiger partial charge in [0.25, 0.3) is 0 Å². The number of amides is 1. The number of carbonyl (C=O) groups excluding carboxylic acids is 1. The molecule has 7 nitrogen and oxygen atoms in total. The molecule has 1 heterocycles. The highest BCUT2D eigenvalue weighted by molar-refractivity contribution is 7.89. The Labute approximate surface area is 191 Å². The third kappa shape index (κ3) is 5.96. The number of hydrogen-bond donors (Lipinski definition) is 2. The highest BCUT2D eigenvalue weighted by Gasteiger charge is 2.28. The fraction of sp³-hybridized carbons (Fsp3) is 0.318. The van der Waals surface area contributed by atoms with Crippen molar-refractivity contribution in [3.63, 3.8) is 0 Å². The smallest absolute Gasteiger partial charge is 0.244 e. The normalized spacial score (nSPS) is 12.6. The molecule has 0 aliphatic carbocycles. The lowest BCUT2D eigenvalue weighted by molar-refractivity contribution is -0.117. The van der Waals surface area contributed by atoms with Gasteiger partial charge in [-0.15, -0.1) is 10.2 Å². The minimum Gasteiger partial charge on any atom is -0.299 e. The molecule has 1 atom stereocenters. The molecule has 0 bridgehead atoms. The molecule has 2 aromatic carbocycles. The van der Waals surface area contributed by atoms with Crippen molar-refractivity contribution >= 4 is 32.4 Å². The first-order valence-corrected chi connectivity index (χ1v) is 12.6. The van der Waals surface area contributed by atoms with Crippen LogP contribution in [0.5, 0.6) is 0 Å². The molecule has 1 aromatic heterocycles. The number of rotatable bonds is 10. The van der Waals surface area contributed by atoms with Crippen LogP contribution in [0.1, 0.15) is 43.2 Å². The third-order valence-corrected chi connectivity index (χ3v) is 7.53. The second-order valence-corrected chi connectivity index (χ2v) is 9.93. The predicted octanol–water partition coefficient (Wildman–Crippen LogP) is 4.11. The lowest BCUT2D eigenvalue weighted by atomic mass is 10.1. The summed E-state index contributed by atoms with van der Waals surface area (Å²) in [6.07, 6.45) is 1.88. The fourth-order valence-corrected chi connectivity index (χ4v) is 5.52. The van der Waals surface area contributed by atoms with Gasteiger partial charge in [0, 0.05) is 5.92 Å². The lowest BCUT2D eigenvalue weighted by Crippen LogP contribution is -2.45. The molecule has 0 fully saturated rings. The van der Waals surface area contributed by atoms with Gasteiger partial charge in [-0.3, -0.25) is 10.1 Å². The number of aromatic nitrogens is 2. The Balaban J connectivity index is 1.84. The van der Waals surface area contributed by atoms with Crippen molar-refractivity contribution < 1.29 is 17.6 Å². The van der Waals surface area contributed by atoms with E-state index < -0.39 is 32.7 Å². The van der Waals surface area contributed by atoms with Crippen LogP contribution in [-0.2, 0) is 21.2 Å². The van der Waals surface area contributed by atoms with Gasteiger partial charge in [-0.1, -0.05) is 67.6 Å². The van der Waals surface area contributed by atoms with Gasteiger partial charge in [0.15, 0.2) is 0 Å². The third-order valence-electron chi connectivity index (χ3n) is 5.03. The van der Waals surface area contributed by atoms with Gasteiger partial charge < -0.3 is 0 Å². The molecule has 2 N–H and O–H groups in total. The summed E-state index contributed by atoms with van der Waals surface area (Å²) in [6, 6.07) is 12.8. The monoisotopic (exact) mass is 476 g/mol. The predicted molar refractivity (Wildman–Crippen MR) is 123 cm³/mol. The van der Waals surface area contributed by atoms with E-state index in [4.69, 9.17) is 0 Å². The maximum Gasteiger partial charge on any atom is 0.244 e. The molecular weight excluding hydrogens is 451 g/mol. The average molecular weight is 477 g/mol. The molecule has 0 saturated carbocycles. The number of hydrogen-bond acceptors (Lipinski definition) is 6. The first kappa shape index (κ1) is 24.0. The Kier molecular flexibility index (Phi) is 8.05. The van der Waals surface area contributed by atoms with E-state index in [0.29, 0.717) is 5.13 Å². The minimum atomic E-state index is -4.28. The van der Waals surface area contributed by atoms with E-state index in [2.05, 4.69) is 34.1 Å². The maximum atomic E-state index is 14.1. The zero-order chi connectivity index (χ0) is 23.1. The Morgan fingerprint density at radius 2 is 1.69 bits per heavy atom. The average Bonchev–Trinajstić information content (AvgIpc) is 3.23. The second-order valence-electron chi connectivity index (χ2n) is 7.24. The number of carbonyl (C=O) groups is 1. The van der Waals surface area contributed by atoms with Crippen LogP contribution in [0.3, 0.4) is 0 Å². The molecule has 0 spiro atoms. The SMILES string of the molecule is CCC(CC)c1nnc(NC(=O)C(Cc2ccccc2)NS(=O)(=O)c2ccccc2F)s1. The summed E-state index contributed by atoms with van der Waals surface area (Å²) in [6.45, 7) is 4.11. The zero-order valence-electron chi connectivity index (χ0n) is 17.8. The minimum absolute atomic E-state index is 0.0819. The van der Waals surface area contributed by atoms with Crippen LogP contribution < -0.4 is 10.0 Å². The van der Waals surface area contributed by atoms with Crippen molar-refractivity contribution in [2.24, 2.45) is 0 Å². The first-order chi connectivity index (χ1) is 15.3. The number of nitrogens with one attached hydrogen (secondary N) is 2. The number of sulfonamides is 1. The van der Waals surface area contributed by atoms with Crippen LogP contribution in [0, 0.1) is 5.82 Å². The fourth-order valence-electron chi connectivity index (χ4n) is 3.23. The quantitative estimate of drug-likeness (QED) is 0.459. The highest BCUT2D eigenvalue weighted by atomic mass is 32.2. The first-order valence-electron chi connectivity index (χ1n) is 10.3. The summed E-state index contributed by atoms with van der Waals surface area (Å²) in [5.74, 6) is -1.24. The second kappa shape index (κ2) is 10.8. The molecule has 3 aromatic rings. The van der Waals surface area contributed by atoms with E-state index in [1.807, 2.05) is 6.07 Å². The molecule has 0 radical (unpaired) electrons. The van der Waals surface area contributed by atoms with E-state index in [9.17, 15) is 17.6 Å². The molecule has 1 unspecified atom stereocenters. The maximum absolute atomic E-state index is 14.1. The van der Waals surface area contributed by atoms with Crippen LogP contribution in [0.2, 0.25) is 0 Å². The van der Waals surface area contributed by atoms with Crippen molar-refractivity contribution in [1.82, 2.24) is 14.9 Å². The van der Waals surface area contributed by atoms with Gasteiger partial charge in [-0.25, -0.2) is 12.8 Å². The Hall–Kier alpha value is -2.69. The molecule has 3 rings (SSSR count). The number of halogens is 1. The molecule has 170 valence electrons. The van der Waals surface area contributed by atoms with Crippen LogP contribution in [-0.4, -0.2) is 30.6 Å². The molecule has 10 heteroatoms.